The molecule has 1 saturated carbocycles. The molecule has 1 fully saturated rings. The summed E-state index contributed by atoms with van der Waals surface area (Å²) in [7, 11) is -2.52. The van der Waals surface area contributed by atoms with E-state index in [2.05, 4.69) is 104 Å². The maximum Gasteiger partial charge on any atom is 0.172 e. The van der Waals surface area contributed by atoms with Crippen molar-refractivity contribution in [3.63, 3.8) is 0 Å². The number of Topliss-reactive ketones (excluding diaryl/α,β-unsaturated/α-hetero) is 1. The zero-order valence-electron chi connectivity index (χ0n) is 30.0. The Balaban J connectivity index is 1.90. The van der Waals surface area contributed by atoms with Crippen molar-refractivity contribution in [1.29, 1.82) is 0 Å². The van der Waals surface area contributed by atoms with Crippen molar-refractivity contribution in [2.45, 2.75) is 118 Å². The van der Waals surface area contributed by atoms with Gasteiger partial charge in [0.2, 0.25) is 0 Å². The van der Waals surface area contributed by atoms with Crippen molar-refractivity contribution < 1.29 is 18.4 Å². The van der Waals surface area contributed by atoms with E-state index in [0.717, 1.165) is 36.3 Å². The summed E-state index contributed by atoms with van der Waals surface area (Å²) in [6.07, 6.45) is 10.7. The Morgan fingerprint density at radius 2 is 1.58 bits per heavy atom. The molecule has 0 heterocycles. The summed E-state index contributed by atoms with van der Waals surface area (Å²) >= 11 is 0. The molecule has 0 N–H and O–H groups in total. The third-order valence-corrected chi connectivity index (χ3v) is 11.1. The Labute approximate surface area is 278 Å². The molecule has 0 aliphatic heterocycles. The quantitative estimate of drug-likeness (QED) is 0.103. The highest BCUT2D eigenvalue weighted by molar-refractivity contribution is 6.49. The molecule has 1 aliphatic carbocycles. The van der Waals surface area contributed by atoms with Crippen molar-refractivity contribution in [3.8, 4) is 5.75 Å². The topological polar surface area (TPSA) is 44.8 Å². The number of rotatable bonds is 16. The van der Waals surface area contributed by atoms with Crippen LogP contribution < -0.4 is 4.74 Å². The van der Waals surface area contributed by atoms with E-state index in [0.29, 0.717) is 25.4 Å². The molecule has 0 aromatic heterocycles. The van der Waals surface area contributed by atoms with Crippen LogP contribution in [0.15, 0.2) is 66.7 Å². The van der Waals surface area contributed by atoms with Crippen LogP contribution in [-0.2, 0) is 26.7 Å². The summed E-state index contributed by atoms with van der Waals surface area (Å²) in [6, 6.07) is 18.5. The van der Waals surface area contributed by atoms with Gasteiger partial charge < -0.3 is 13.6 Å². The molecule has 1 aliphatic rings. The molecule has 3 rings (SSSR count). The molecule has 0 amide bonds. The highest BCUT2D eigenvalue weighted by Gasteiger charge is 2.57. The number of carbonyl (C=O) groups is 1. The highest BCUT2D eigenvalue weighted by Crippen LogP contribution is 2.51. The molecule has 6 heteroatoms. The number of hydrogen-bond donors (Lipinski definition) is 0. The van der Waals surface area contributed by atoms with Gasteiger partial charge in [-0.1, -0.05) is 109 Å². The van der Waals surface area contributed by atoms with Crippen molar-refractivity contribution in [2.75, 3.05) is 6.61 Å². The maximum atomic E-state index is 14.3. The van der Waals surface area contributed by atoms with E-state index in [-0.39, 0.29) is 28.4 Å². The number of carbonyl (C=O) groups excluding carboxylic acids is 1. The molecule has 0 radical (unpaired) electrons. The number of unbranched alkanes of at least 4 members (excludes halogenated alkanes) is 2. The van der Waals surface area contributed by atoms with Crippen molar-refractivity contribution >= 4 is 23.9 Å². The zero-order valence-corrected chi connectivity index (χ0v) is 32.3. The zero-order chi connectivity index (χ0) is 33.3. The second kappa shape index (κ2) is 16.7. The van der Waals surface area contributed by atoms with Gasteiger partial charge in [0.1, 0.15) is 18.0 Å². The Bertz CT molecular complexity index is 1210. The second-order valence-electron chi connectivity index (χ2n) is 15.9. The van der Waals surface area contributed by atoms with Crippen molar-refractivity contribution in [2.24, 2.45) is 28.6 Å². The average molecular weight is 651 g/mol. The lowest BCUT2D eigenvalue weighted by molar-refractivity contribution is -0.132. The minimum Gasteiger partial charge on any atom is -0.489 e. The SMILES string of the molecule is C[SiH](C)OCCCCC[C@@H](C=C[C@@H]1[C@H](C(C)(C)C)CC(=O)[C@]1(Cc1cccc(OCc2ccccc2)c1)O[SiH](C)C)C(C)(C)C. The molecule has 0 unspecified atom stereocenters. The summed E-state index contributed by atoms with van der Waals surface area (Å²) in [5, 5.41) is 0. The number of ether oxygens (including phenoxy) is 1. The molecule has 0 saturated heterocycles. The van der Waals surface area contributed by atoms with Crippen LogP contribution in [0.1, 0.15) is 84.8 Å². The van der Waals surface area contributed by atoms with Crippen LogP contribution in [0.25, 0.3) is 0 Å². The number of benzene rings is 2. The molecule has 4 atom stereocenters. The van der Waals surface area contributed by atoms with Crippen LogP contribution in [0.2, 0.25) is 26.2 Å². The summed E-state index contributed by atoms with van der Waals surface area (Å²) in [5.74, 6) is 1.74. The molecule has 4 nitrogen and oxygen atoms in total. The van der Waals surface area contributed by atoms with E-state index >= 15 is 0 Å². The average Bonchev–Trinajstić information content (AvgIpc) is 3.21. The minimum atomic E-state index is -1.57. The highest BCUT2D eigenvalue weighted by atomic mass is 28.3. The van der Waals surface area contributed by atoms with E-state index in [9.17, 15) is 4.79 Å². The minimum absolute atomic E-state index is 0.0167. The first-order chi connectivity index (χ1) is 21.1. The molecule has 250 valence electrons. The lowest BCUT2D eigenvalue weighted by Crippen LogP contribution is -2.49. The summed E-state index contributed by atoms with van der Waals surface area (Å²) in [6.45, 7) is 24.2. The monoisotopic (exact) mass is 650 g/mol. The Kier molecular flexibility index (Phi) is 13.9. The van der Waals surface area contributed by atoms with Crippen LogP contribution in [0.3, 0.4) is 0 Å². The molecule has 2 aromatic rings. The summed E-state index contributed by atoms with van der Waals surface area (Å²) in [4.78, 5) is 14.3. The van der Waals surface area contributed by atoms with Crippen LogP contribution in [0.5, 0.6) is 5.75 Å². The molecular formula is C39H62O4Si2. The lowest BCUT2D eigenvalue weighted by atomic mass is 9.70. The van der Waals surface area contributed by atoms with Crippen LogP contribution in [0, 0.1) is 28.6 Å². The van der Waals surface area contributed by atoms with Gasteiger partial charge in [-0.05, 0) is 85.0 Å². The Morgan fingerprint density at radius 1 is 0.889 bits per heavy atom. The van der Waals surface area contributed by atoms with Gasteiger partial charge in [-0.15, -0.1) is 0 Å². The second-order valence-corrected chi connectivity index (χ2v) is 20.7. The largest absolute Gasteiger partial charge is 0.489 e. The fourth-order valence-electron chi connectivity index (χ4n) is 6.79. The van der Waals surface area contributed by atoms with Crippen molar-refractivity contribution in [3.05, 3.63) is 77.9 Å². The standard InChI is InChI=1S/C39H62O4Si2/c1-37(2,3)32(21-15-12-16-25-42-44(7)8)23-24-34-35(38(4,5)6)27-36(40)39(34,43-45(9)10)28-31-20-17-22-33(26-31)41-29-30-18-13-11-14-19-30/h11,13-14,17-20,22-24,26,32,34-35,44-45H,12,15-16,21,25,27-29H2,1-10H3/t32-,34+,35+,39+/m0/s1. The van der Waals surface area contributed by atoms with Crippen molar-refractivity contribution in [1.82, 2.24) is 0 Å². The van der Waals surface area contributed by atoms with Gasteiger partial charge in [-0.3, -0.25) is 4.79 Å². The lowest BCUT2D eigenvalue weighted by Gasteiger charge is -2.40. The van der Waals surface area contributed by atoms with Crippen LogP contribution in [0.4, 0.5) is 0 Å². The molecule has 0 spiro atoms. The van der Waals surface area contributed by atoms with Gasteiger partial charge in [0.25, 0.3) is 0 Å². The fourth-order valence-corrected chi connectivity index (χ4v) is 8.64. The van der Waals surface area contributed by atoms with E-state index in [1.165, 1.54) is 12.8 Å². The van der Waals surface area contributed by atoms with Gasteiger partial charge in [0.05, 0.1) is 0 Å². The first-order valence-electron chi connectivity index (χ1n) is 17.4. The van der Waals surface area contributed by atoms with Gasteiger partial charge in [-0.25, -0.2) is 0 Å². The van der Waals surface area contributed by atoms with Gasteiger partial charge in [0, 0.05) is 25.4 Å². The van der Waals surface area contributed by atoms with E-state index < -0.39 is 23.7 Å². The molecule has 2 aromatic carbocycles. The first-order valence-corrected chi connectivity index (χ1v) is 22.9. The fraction of sp³-hybridized carbons (Fsp3) is 0.615. The normalized spacial score (nSPS) is 21.7. The molecule has 45 heavy (non-hydrogen) atoms. The van der Waals surface area contributed by atoms with Crippen LogP contribution >= 0.6 is 0 Å². The number of ketones is 1. The van der Waals surface area contributed by atoms with E-state index in [1.807, 2.05) is 30.3 Å². The predicted octanol–water partition coefficient (Wildman–Crippen LogP) is 9.58. The van der Waals surface area contributed by atoms with Gasteiger partial charge in [0.15, 0.2) is 23.9 Å². The van der Waals surface area contributed by atoms with E-state index in [4.69, 9.17) is 13.6 Å². The van der Waals surface area contributed by atoms with E-state index in [1.54, 1.807) is 0 Å². The third-order valence-electron chi connectivity index (χ3n) is 9.29. The maximum absolute atomic E-state index is 14.3. The third kappa shape index (κ3) is 11.3. The summed E-state index contributed by atoms with van der Waals surface area (Å²) in [5.41, 5.74) is 1.49. The van der Waals surface area contributed by atoms with Gasteiger partial charge >= 0.3 is 0 Å². The Hall–Kier alpha value is -2.00. The number of hydrogen-bond acceptors (Lipinski definition) is 4. The number of allylic oxidation sites excluding steroid dienone is 1. The Morgan fingerprint density at radius 3 is 2.20 bits per heavy atom. The molecular weight excluding hydrogens is 589 g/mol. The summed E-state index contributed by atoms with van der Waals surface area (Å²) < 4.78 is 19.1. The smallest absolute Gasteiger partial charge is 0.172 e. The first kappa shape index (κ1) is 37.5. The van der Waals surface area contributed by atoms with Gasteiger partial charge in [-0.2, -0.15) is 0 Å². The predicted molar refractivity (Wildman–Crippen MR) is 195 cm³/mol. The molecule has 0 bridgehead atoms. The van der Waals surface area contributed by atoms with Crippen LogP contribution in [-0.4, -0.2) is 36.1 Å².